The van der Waals surface area contributed by atoms with E-state index in [4.69, 9.17) is 0 Å². The number of nitrogens with zero attached hydrogens (tertiary/aromatic N) is 4. The van der Waals surface area contributed by atoms with E-state index < -0.39 is 0 Å². The molecule has 0 saturated carbocycles. The molecule has 0 spiro atoms. The predicted octanol–water partition coefficient (Wildman–Crippen LogP) is 2.45. The van der Waals surface area contributed by atoms with Gasteiger partial charge in [-0.05, 0) is 44.0 Å². The van der Waals surface area contributed by atoms with Crippen LogP contribution in [-0.2, 0) is 0 Å². The van der Waals surface area contributed by atoms with Crippen LogP contribution in [0.25, 0.3) is 11.1 Å². The molecule has 2 bridgehead atoms. The largest absolute Gasteiger partial charge is 0.337 e. The third-order valence-corrected chi connectivity index (χ3v) is 5.46. The van der Waals surface area contributed by atoms with Crippen LogP contribution < -0.4 is 0 Å². The number of aromatic nitrogens is 2. The van der Waals surface area contributed by atoms with Gasteiger partial charge in [0.05, 0.1) is 0 Å². The Morgan fingerprint density at radius 2 is 1.71 bits per heavy atom. The maximum Gasteiger partial charge on any atom is 0.253 e. The summed E-state index contributed by atoms with van der Waals surface area (Å²) in [6, 6.07) is 8.94. The summed E-state index contributed by atoms with van der Waals surface area (Å²) in [5.41, 5.74) is 2.75. The molecule has 24 heavy (non-hydrogen) atoms. The van der Waals surface area contributed by atoms with Gasteiger partial charge in [0.2, 0.25) is 0 Å². The average Bonchev–Trinajstić information content (AvgIpc) is 2.87. The standard InChI is InChI=1S/C19H22N4O/c1-22-17-6-7-18(22)12-23(9-8-17)19(24)15-4-2-14(3-5-15)16-10-20-13-21-11-16/h2-5,10-11,13,17-18H,6-9,12H2,1H3/t17-,18+/m0/s1. The fourth-order valence-electron chi connectivity index (χ4n) is 3.93. The van der Waals surface area contributed by atoms with Crippen molar-refractivity contribution < 1.29 is 4.79 Å². The lowest BCUT2D eigenvalue weighted by Gasteiger charge is -2.26. The molecule has 2 atom stereocenters. The number of likely N-dealkylation sites (tertiary alicyclic amines) is 1. The average molecular weight is 322 g/mol. The minimum absolute atomic E-state index is 0.145. The van der Waals surface area contributed by atoms with Crippen LogP contribution >= 0.6 is 0 Å². The highest BCUT2D eigenvalue weighted by Crippen LogP contribution is 2.29. The predicted molar refractivity (Wildman–Crippen MR) is 92.6 cm³/mol. The first-order valence-electron chi connectivity index (χ1n) is 8.59. The van der Waals surface area contributed by atoms with E-state index in [1.807, 2.05) is 29.2 Å². The molecule has 2 aliphatic heterocycles. The Morgan fingerprint density at radius 3 is 2.46 bits per heavy atom. The number of rotatable bonds is 2. The van der Waals surface area contributed by atoms with E-state index in [1.165, 1.54) is 19.2 Å². The van der Waals surface area contributed by atoms with E-state index >= 15 is 0 Å². The second kappa shape index (κ2) is 6.32. The van der Waals surface area contributed by atoms with Gasteiger partial charge < -0.3 is 4.90 Å². The Balaban J connectivity index is 1.50. The molecule has 0 aliphatic carbocycles. The molecule has 1 amide bonds. The Morgan fingerprint density at radius 1 is 1.00 bits per heavy atom. The lowest BCUT2D eigenvalue weighted by Crippen LogP contribution is -2.39. The fourth-order valence-corrected chi connectivity index (χ4v) is 3.93. The van der Waals surface area contributed by atoms with E-state index in [-0.39, 0.29) is 5.91 Å². The molecular weight excluding hydrogens is 300 g/mol. The van der Waals surface area contributed by atoms with Crippen molar-refractivity contribution in [3.63, 3.8) is 0 Å². The monoisotopic (exact) mass is 322 g/mol. The summed E-state index contributed by atoms with van der Waals surface area (Å²) in [6.45, 7) is 1.71. The summed E-state index contributed by atoms with van der Waals surface area (Å²) in [5, 5.41) is 0. The number of amides is 1. The topological polar surface area (TPSA) is 49.3 Å². The zero-order chi connectivity index (χ0) is 16.5. The summed E-state index contributed by atoms with van der Waals surface area (Å²) in [5.74, 6) is 0.145. The normalized spacial score (nSPS) is 24.0. The van der Waals surface area contributed by atoms with Crippen molar-refractivity contribution in [2.45, 2.75) is 31.3 Å². The SMILES string of the molecule is CN1[C@H]2CC[C@@H]1CN(C(=O)c1ccc(-c3cncnc3)cc1)CC2. The zero-order valence-corrected chi connectivity index (χ0v) is 13.9. The number of fused-ring (bicyclic) bond motifs is 2. The molecule has 2 aliphatic rings. The van der Waals surface area contributed by atoms with E-state index in [0.29, 0.717) is 12.1 Å². The first-order chi connectivity index (χ1) is 11.7. The number of hydrogen-bond donors (Lipinski definition) is 0. The highest BCUT2D eigenvalue weighted by molar-refractivity contribution is 5.94. The van der Waals surface area contributed by atoms with Gasteiger partial charge in [0.25, 0.3) is 5.91 Å². The Bertz CT molecular complexity index is 716. The van der Waals surface area contributed by atoms with Gasteiger partial charge in [0, 0.05) is 48.7 Å². The maximum absolute atomic E-state index is 12.9. The summed E-state index contributed by atoms with van der Waals surface area (Å²) in [7, 11) is 2.20. The summed E-state index contributed by atoms with van der Waals surface area (Å²) in [6.07, 6.45) is 8.65. The van der Waals surface area contributed by atoms with Crippen LogP contribution in [0.4, 0.5) is 0 Å². The van der Waals surface area contributed by atoms with Crippen molar-refractivity contribution >= 4 is 5.91 Å². The third-order valence-electron chi connectivity index (χ3n) is 5.46. The second-order valence-electron chi connectivity index (χ2n) is 6.79. The van der Waals surface area contributed by atoms with Gasteiger partial charge in [-0.15, -0.1) is 0 Å². The molecule has 2 aromatic rings. The Kier molecular flexibility index (Phi) is 4.02. The van der Waals surface area contributed by atoms with Crippen molar-refractivity contribution in [3.8, 4) is 11.1 Å². The highest BCUT2D eigenvalue weighted by atomic mass is 16.2. The number of hydrogen-bond acceptors (Lipinski definition) is 4. The van der Waals surface area contributed by atoms with Crippen LogP contribution in [0, 0.1) is 0 Å². The van der Waals surface area contributed by atoms with E-state index in [2.05, 4.69) is 21.9 Å². The first-order valence-corrected chi connectivity index (χ1v) is 8.59. The third kappa shape index (κ3) is 2.80. The van der Waals surface area contributed by atoms with Gasteiger partial charge in [-0.25, -0.2) is 9.97 Å². The molecular formula is C19H22N4O. The van der Waals surface area contributed by atoms with E-state index in [0.717, 1.165) is 36.2 Å². The smallest absolute Gasteiger partial charge is 0.253 e. The molecule has 1 aromatic carbocycles. The summed E-state index contributed by atoms with van der Waals surface area (Å²) >= 11 is 0. The van der Waals surface area contributed by atoms with Crippen molar-refractivity contribution in [2.75, 3.05) is 20.1 Å². The number of benzene rings is 1. The minimum atomic E-state index is 0.145. The summed E-state index contributed by atoms with van der Waals surface area (Å²) < 4.78 is 0. The molecule has 5 heteroatoms. The van der Waals surface area contributed by atoms with Gasteiger partial charge >= 0.3 is 0 Å². The fraction of sp³-hybridized carbons (Fsp3) is 0.421. The number of carbonyl (C=O) groups is 1. The number of likely N-dealkylation sites (N-methyl/N-ethyl adjacent to an activating group) is 1. The lowest BCUT2D eigenvalue weighted by molar-refractivity contribution is 0.0740. The van der Waals surface area contributed by atoms with Crippen LogP contribution in [-0.4, -0.2) is 57.9 Å². The van der Waals surface area contributed by atoms with Crippen molar-refractivity contribution in [1.29, 1.82) is 0 Å². The van der Waals surface area contributed by atoms with Gasteiger partial charge in [-0.2, -0.15) is 0 Å². The summed E-state index contributed by atoms with van der Waals surface area (Å²) in [4.78, 5) is 25.4. The van der Waals surface area contributed by atoms with Crippen LogP contribution in [0.1, 0.15) is 29.6 Å². The van der Waals surface area contributed by atoms with Crippen LogP contribution in [0.3, 0.4) is 0 Å². The van der Waals surface area contributed by atoms with Crippen LogP contribution in [0.15, 0.2) is 43.0 Å². The molecule has 1 aromatic heterocycles. The Labute approximate surface area is 142 Å². The molecule has 3 heterocycles. The first kappa shape index (κ1) is 15.3. The molecule has 0 N–H and O–H groups in total. The van der Waals surface area contributed by atoms with Gasteiger partial charge in [-0.1, -0.05) is 12.1 Å². The molecule has 5 nitrogen and oxygen atoms in total. The molecule has 4 rings (SSSR count). The van der Waals surface area contributed by atoms with Gasteiger partial charge in [0.1, 0.15) is 6.33 Å². The maximum atomic E-state index is 12.9. The minimum Gasteiger partial charge on any atom is -0.337 e. The van der Waals surface area contributed by atoms with Gasteiger partial charge in [-0.3, -0.25) is 9.69 Å². The molecule has 0 unspecified atom stereocenters. The number of carbonyl (C=O) groups excluding carboxylic acids is 1. The van der Waals surface area contributed by atoms with Crippen molar-refractivity contribution in [2.24, 2.45) is 0 Å². The van der Waals surface area contributed by atoms with E-state index in [9.17, 15) is 4.79 Å². The van der Waals surface area contributed by atoms with Gasteiger partial charge in [0.15, 0.2) is 0 Å². The molecule has 2 fully saturated rings. The molecule has 124 valence electrons. The van der Waals surface area contributed by atoms with E-state index in [1.54, 1.807) is 12.4 Å². The molecule has 2 saturated heterocycles. The van der Waals surface area contributed by atoms with Crippen molar-refractivity contribution in [3.05, 3.63) is 48.5 Å². The van der Waals surface area contributed by atoms with Crippen molar-refractivity contribution in [1.82, 2.24) is 19.8 Å². The lowest BCUT2D eigenvalue weighted by atomic mass is 10.0. The van der Waals surface area contributed by atoms with Crippen LogP contribution in [0.2, 0.25) is 0 Å². The Hall–Kier alpha value is -2.27. The highest BCUT2D eigenvalue weighted by Gasteiger charge is 2.36. The molecule has 0 radical (unpaired) electrons. The van der Waals surface area contributed by atoms with Crippen LogP contribution in [0.5, 0.6) is 0 Å². The quantitative estimate of drug-likeness (QED) is 0.852. The zero-order valence-electron chi connectivity index (χ0n) is 13.9. The second-order valence-corrected chi connectivity index (χ2v) is 6.79.